The van der Waals surface area contributed by atoms with Crippen LogP contribution < -0.4 is 10.6 Å². The Kier molecular flexibility index (Phi) is 5.66. The fourth-order valence-electron chi connectivity index (χ4n) is 2.10. The number of hydrogen-bond donors (Lipinski definition) is 2. The molecule has 0 aliphatic carbocycles. The topological polar surface area (TPSA) is 71.8 Å². The number of rotatable bonds is 7. The number of aromatic nitrogens is 3. The minimum Gasteiger partial charge on any atom is -0.352 e. The molecule has 0 fully saturated rings. The lowest BCUT2D eigenvalue weighted by atomic mass is 10.1. The van der Waals surface area contributed by atoms with Crippen LogP contribution in [0.3, 0.4) is 0 Å². The third kappa shape index (κ3) is 4.39. The highest BCUT2D eigenvalue weighted by Crippen LogP contribution is 2.10. The van der Waals surface area contributed by atoms with Crippen molar-refractivity contribution in [2.45, 2.75) is 32.9 Å². The van der Waals surface area contributed by atoms with Gasteiger partial charge in [0.05, 0.1) is 17.9 Å². The number of carbonyl (C=O) groups excluding carboxylic acids is 1. The van der Waals surface area contributed by atoms with Crippen LogP contribution in [0.2, 0.25) is 0 Å². The summed E-state index contributed by atoms with van der Waals surface area (Å²) in [5, 5.41) is 14.6. The lowest BCUT2D eigenvalue weighted by molar-refractivity contribution is 0.0953. The molecule has 1 amide bonds. The van der Waals surface area contributed by atoms with Crippen LogP contribution in [-0.4, -0.2) is 27.4 Å². The summed E-state index contributed by atoms with van der Waals surface area (Å²) in [5.74, 6) is -0.0225. The van der Waals surface area contributed by atoms with Gasteiger partial charge in [0.15, 0.2) is 0 Å². The summed E-state index contributed by atoms with van der Waals surface area (Å²) in [6, 6.07) is 7.77. The SMILES string of the molecule is CCCNC(=O)c1cccc(CN[C@@H](C)c2cnn(C)n2)c1. The predicted molar refractivity (Wildman–Crippen MR) is 85.3 cm³/mol. The van der Waals surface area contributed by atoms with Gasteiger partial charge >= 0.3 is 0 Å². The third-order valence-electron chi connectivity index (χ3n) is 3.40. The van der Waals surface area contributed by atoms with Crippen LogP contribution in [0.1, 0.15) is 47.9 Å². The number of hydrogen-bond acceptors (Lipinski definition) is 4. The first-order valence-corrected chi connectivity index (χ1v) is 7.57. The highest BCUT2D eigenvalue weighted by Gasteiger charge is 2.09. The largest absolute Gasteiger partial charge is 0.352 e. The van der Waals surface area contributed by atoms with E-state index in [0.717, 1.165) is 17.7 Å². The van der Waals surface area contributed by atoms with Gasteiger partial charge in [0.2, 0.25) is 0 Å². The fourth-order valence-corrected chi connectivity index (χ4v) is 2.10. The lowest BCUT2D eigenvalue weighted by Gasteiger charge is -2.12. The average molecular weight is 301 g/mol. The van der Waals surface area contributed by atoms with Gasteiger partial charge in [0.1, 0.15) is 0 Å². The van der Waals surface area contributed by atoms with Gasteiger partial charge < -0.3 is 10.6 Å². The smallest absolute Gasteiger partial charge is 0.251 e. The molecule has 0 radical (unpaired) electrons. The van der Waals surface area contributed by atoms with Crippen molar-refractivity contribution in [3.8, 4) is 0 Å². The van der Waals surface area contributed by atoms with Gasteiger partial charge in [-0.05, 0) is 31.0 Å². The van der Waals surface area contributed by atoms with Gasteiger partial charge in [0.25, 0.3) is 5.91 Å². The van der Waals surface area contributed by atoms with E-state index < -0.39 is 0 Å². The number of nitrogens with zero attached hydrogens (tertiary/aromatic N) is 3. The molecule has 0 spiro atoms. The zero-order valence-electron chi connectivity index (χ0n) is 13.3. The Morgan fingerprint density at radius 3 is 2.91 bits per heavy atom. The van der Waals surface area contributed by atoms with E-state index in [1.807, 2.05) is 38.1 Å². The number of benzene rings is 1. The van der Waals surface area contributed by atoms with Crippen molar-refractivity contribution in [3.05, 3.63) is 47.3 Å². The Morgan fingerprint density at radius 2 is 2.23 bits per heavy atom. The first kappa shape index (κ1) is 16.2. The normalized spacial score (nSPS) is 12.1. The van der Waals surface area contributed by atoms with Crippen LogP contribution in [0.5, 0.6) is 0 Å². The summed E-state index contributed by atoms with van der Waals surface area (Å²) in [4.78, 5) is 13.5. The lowest BCUT2D eigenvalue weighted by Crippen LogP contribution is -2.24. The maximum absolute atomic E-state index is 12.0. The second-order valence-corrected chi connectivity index (χ2v) is 5.32. The van der Waals surface area contributed by atoms with Crippen molar-refractivity contribution in [1.29, 1.82) is 0 Å². The van der Waals surface area contributed by atoms with Crippen LogP contribution in [0, 0.1) is 0 Å². The summed E-state index contributed by atoms with van der Waals surface area (Å²) in [5.41, 5.74) is 2.67. The quantitative estimate of drug-likeness (QED) is 0.818. The van der Waals surface area contributed by atoms with Crippen LogP contribution >= 0.6 is 0 Å². The van der Waals surface area contributed by atoms with Gasteiger partial charge in [0, 0.05) is 25.7 Å². The van der Waals surface area contributed by atoms with Gasteiger partial charge in [-0.25, -0.2) is 0 Å². The van der Waals surface area contributed by atoms with E-state index in [2.05, 4.69) is 20.8 Å². The van der Waals surface area contributed by atoms with E-state index in [1.165, 1.54) is 0 Å². The van der Waals surface area contributed by atoms with Gasteiger partial charge in [-0.1, -0.05) is 19.1 Å². The second kappa shape index (κ2) is 7.70. The molecule has 1 aromatic carbocycles. The van der Waals surface area contributed by atoms with Gasteiger partial charge in [-0.15, -0.1) is 0 Å². The molecular formula is C16H23N5O. The first-order valence-electron chi connectivity index (χ1n) is 7.57. The molecule has 1 atom stereocenters. The summed E-state index contributed by atoms with van der Waals surface area (Å²) >= 11 is 0. The van der Waals surface area contributed by atoms with Gasteiger partial charge in [-0.3, -0.25) is 4.79 Å². The van der Waals surface area contributed by atoms with Crippen molar-refractivity contribution in [1.82, 2.24) is 25.6 Å². The number of aryl methyl sites for hydroxylation is 1. The number of amides is 1. The zero-order valence-corrected chi connectivity index (χ0v) is 13.3. The molecule has 6 nitrogen and oxygen atoms in total. The maximum Gasteiger partial charge on any atom is 0.251 e. The Labute approximate surface area is 130 Å². The van der Waals surface area contributed by atoms with Crippen LogP contribution in [0.25, 0.3) is 0 Å². The Hall–Kier alpha value is -2.21. The number of nitrogens with one attached hydrogen (secondary N) is 2. The van der Waals surface area contributed by atoms with Crippen molar-refractivity contribution in [3.63, 3.8) is 0 Å². The molecule has 0 aliphatic heterocycles. The molecule has 2 aromatic rings. The van der Waals surface area contributed by atoms with E-state index in [1.54, 1.807) is 18.0 Å². The molecule has 0 aliphatic rings. The molecule has 22 heavy (non-hydrogen) atoms. The van der Waals surface area contributed by atoms with E-state index in [0.29, 0.717) is 18.7 Å². The predicted octanol–water partition coefficient (Wildman–Crippen LogP) is 1.81. The minimum absolute atomic E-state index is 0.0225. The maximum atomic E-state index is 12.0. The highest BCUT2D eigenvalue weighted by atomic mass is 16.1. The highest BCUT2D eigenvalue weighted by molar-refractivity contribution is 5.94. The molecule has 1 aromatic heterocycles. The summed E-state index contributed by atoms with van der Waals surface area (Å²) in [7, 11) is 1.80. The van der Waals surface area contributed by atoms with E-state index >= 15 is 0 Å². The molecule has 0 saturated heterocycles. The zero-order chi connectivity index (χ0) is 15.9. The van der Waals surface area contributed by atoms with Crippen molar-refractivity contribution in [2.24, 2.45) is 7.05 Å². The van der Waals surface area contributed by atoms with Gasteiger partial charge in [-0.2, -0.15) is 15.0 Å². The molecule has 0 bridgehead atoms. The van der Waals surface area contributed by atoms with Crippen molar-refractivity contribution >= 4 is 5.91 Å². The summed E-state index contributed by atoms with van der Waals surface area (Å²) < 4.78 is 0. The standard InChI is InChI=1S/C16H23N5O/c1-4-8-17-16(22)14-7-5-6-13(9-14)10-18-12(2)15-11-19-21(3)20-15/h5-7,9,11-12,18H,4,8,10H2,1-3H3,(H,17,22)/t12-/m0/s1. The molecule has 2 N–H and O–H groups in total. The first-order chi connectivity index (χ1) is 10.6. The Balaban J connectivity index is 1.94. The molecule has 0 saturated carbocycles. The number of carbonyl (C=O) groups is 1. The average Bonchev–Trinajstić information content (AvgIpc) is 2.97. The van der Waals surface area contributed by atoms with Crippen LogP contribution in [0.4, 0.5) is 0 Å². The fraction of sp³-hybridized carbons (Fsp3) is 0.438. The van der Waals surface area contributed by atoms with Crippen LogP contribution in [0.15, 0.2) is 30.5 Å². The van der Waals surface area contributed by atoms with Crippen LogP contribution in [-0.2, 0) is 13.6 Å². The molecular weight excluding hydrogens is 278 g/mol. The van der Waals surface area contributed by atoms with E-state index in [-0.39, 0.29) is 11.9 Å². The summed E-state index contributed by atoms with van der Waals surface area (Å²) in [6.07, 6.45) is 2.69. The molecule has 2 rings (SSSR count). The van der Waals surface area contributed by atoms with E-state index in [9.17, 15) is 4.79 Å². The van der Waals surface area contributed by atoms with Crippen molar-refractivity contribution in [2.75, 3.05) is 6.54 Å². The summed E-state index contributed by atoms with van der Waals surface area (Å²) in [6.45, 7) is 5.45. The Morgan fingerprint density at radius 1 is 1.41 bits per heavy atom. The molecule has 118 valence electrons. The Bertz CT molecular complexity index is 623. The minimum atomic E-state index is -0.0225. The second-order valence-electron chi connectivity index (χ2n) is 5.32. The van der Waals surface area contributed by atoms with Crippen molar-refractivity contribution < 1.29 is 4.79 Å². The van der Waals surface area contributed by atoms with E-state index in [4.69, 9.17) is 0 Å². The molecule has 0 unspecified atom stereocenters. The third-order valence-corrected chi connectivity index (χ3v) is 3.40. The monoisotopic (exact) mass is 301 g/mol. The molecule has 6 heteroatoms. The molecule has 1 heterocycles.